The summed E-state index contributed by atoms with van der Waals surface area (Å²) in [5.74, 6) is 0. The Bertz CT molecular complexity index is 980. The van der Waals surface area contributed by atoms with E-state index < -0.39 is 6.04 Å². The lowest BCUT2D eigenvalue weighted by atomic mass is 9.97. The molecule has 0 aliphatic heterocycles. The van der Waals surface area contributed by atoms with Gasteiger partial charge in [0.1, 0.15) is 0 Å². The van der Waals surface area contributed by atoms with E-state index in [-0.39, 0.29) is 0 Å². The van der Waals surface area contributed by atoms with Gasteiger partial charge in [-0.15, -0.1) is 0 Å². The molecule has 0 atom stereocenters. The summed E-state index contributed by atoms with van der Waals surface area (Å²) >= 11 is 6.74. The minimum Gasteiger partial charge on any atom is -0.0826 e. The fourth-order valence-electron chi connectivity index (χ4n) is 4.94. The highest BCUT2D eigenvalue weighted by molar-refractivity contribution is 8.25. The van der Waals surface area contributed by atoms with Gasteiger partial charge in [-0.3, -0.25) is 0 Å². The Labute approximate surface area is 194 Å². The van der Waals surface area contributed by atoms with Crippen LogP contribution in [0, 0.1) is 0 Å². The monoisotopic (exact) mass is 446 g/mol. The summed E-state index contributed by atoms with van der Waals surface area (Å²) in [6, 6.07) is 24.9. The number of benzene rings is 3. The van der Waals surface area contributed by atoms with E-state index in [1.165, 1.54) is 79.3 Å². The summed E-state index contributed by atoms with van der Waals surface area (Å²) < 4.78 is 0. The maximum atomic E-state index is 6.74. The van der Waals surface area contributed by atoms with Crippen LogP contribution < -0.4 is 15.9 Å². The number of hydrogen-bond acceptors (Lipinski definition) is 1. The molecule has 1 aliphatic carbocycles. The number of rotatable bonds is 8. The van der Waals surface area contributed by atoms with Crippen LogP contribution in [0.2, 0.25) is 0 Å². The van der Waals surface area contributed by atoms with Crippen LogP contribution in [0.3, 0.4) is 0 Å². The Morgan fingerprint density at radius 2 is 1.29 bits per heavy atom. The zero-order valence-corrected chi connectivity index (χ0v) is 20.6. The molecule has 0 amide bonds. The summed E-state index contributed by atoms with van der Waals surface area (Å²) in [5.41, 5.74) is 4.67. The lowest BCUT2D eigenvalue weighted by Crippen LogP contribution is -2.28. The molecule has 31 heavy (non-hydrogen) atoms. The molecule has 0 unspecified atom stereocenters. The first kappa shape index (κ1) is 22.5. The SMILES string of the molecule is CCCCCCc1cc2c(cc1P(=S)(c1ccccc1)c1ccccc1)CCCCC2. The normalized spacial score (nSPS) is 14.1. The second-order valence-electron chi connectivity index (χ2n) is 8.90. The highest BCUT2D eigenvalue weighted by Crippen LogP contribution is 2.45. The topological polar surface area (TPSA) is 0 Å². The van der Waals surface area contributed by atoms with Crippen LogP contribution >= 0.6 is 6.04 Å². The van der Waals surface area contributed by atoms with Crippen molar-refractivity contribution in [2.24, 2.45) is 0 Å². The molecule has 0 saturated carbocycles. The molecule has 0 nitrogen and oxygen atoms in total. The van der Waals surface area contributed by atoms with E-state index in [1.54, 1.807) is 11.1 Å². The molecule has 2 heteroatoms. The smallest absolute Gasteiger partial charge is 0.0382 e. The maximum absolute atomic E-state index is 6.74. The fraction of sp³-hybridized carbons (Fsp3) is 0.379. The van der Waals surface area contributed by atoms with Gasteiger partial charge in [0.15, 0.2) is 0 Å². The zero-order chi connectivity index (χ0) is 21.5. The van der Waals surface area contributed by atoms with E-state index >= 15 is 0 Å². The van der Waals surface area contributed by atoms with Crippen molar-refractivity contribution in [1.29, 1.82) is 0 Å². The van der Waals surface area contributed by atoms with Gasteiger partial charge in [0.25, 0.3) is 0 Å². The van der Waals surface area contributed by atoms with Crippen molar-refractivity contribution in [3.05, 3.63) is 89.5 Å². The van der Waals surface area contributed by atoms with Gasteiger partial charge >= 0.3 is 0 Å². The van der Waals surface area contributed by atoms with E-state index in [1.807, 2.05) is 0 Å². The summed E-state index contributed by atoms with van der Waals surface area (Å²) in [4.78, 5) is 0. The third-order valence-electron chi connectivity index (χ3n) is 6.67. The second kappa shape index (κ2) is 10.8. The molecule has 0 bridgehead atoms. The molecule has 1 aliphatic rings. The number of fused-ring (bicyclic) bond motifs is 1. The van der Waals surface area contributed by atoms with Crippen molar-refractivity contribution in [3.8, 4) is 0 Å². The first-order valence-electron chi connectivity index (χ1n) is 12.1. The number of unbranched alkanes of at least 4 members (excludes halogenated alkanes) is 3. The summed E-state index contributed by atoms with van der Waals surface area (Å²) in [5, 5.41) is 4.09. The van der Waals surface area contributed by atoms with Crippen molar-refractivity contribution in [3.63, 3.8) is 0 Å². The maximum Gasteiger partial charge on any atom is 0.0382 e. The molecular formula is C29H35PS. The first-order chi connectivity index (χ1) is 15.2. The Hall–Kier alpha value is -1.69. The standard InChI is InChI=1S/C29H35PS/c1-2-3-4-8-17-26-22-24-15-9-5-10-16-25(24)23-29(26)30(31,27-18-11-6-12-19-27)28-20-13-7-14-21-28/h6-7,11-14,18-23H,2-5,8-10,15-17H2,1H3. The van der Waals surface area contributed by atoms with Crippen molar-refractivity contribution >= 4 is 33.8 Å². The molecular weight excluding hydrogens is 411 g/mol. The van der Waals surface area contributed by atoms with E-state index in [0.717, 1.165) is 6.42 Å². The van der Waals surface area contributed by atoms with Crippen LogP contribution in [0.15, 0.2) is 72.8 Å². The Morgan fingerprint density at radius 3 is 1.87 bits per heavy atom. The van der Waals surface area contributed by atoms with Gasteiger partial charge in [0.2, 0.25) is 0 Å². The fourth-order valence-corrected chi connectivity index (χ4v) is 9.14. The van der Waals surface area contributed by atoms with E-state index in [0.29, 0.717) is 0 Å². The molecule has 0 spiro atoms. The van der Waals surface area contributed by atoms with Crippen LogP contribution in [0.5, 0.6) is 0 Å². The number of hydrogen-bond donors (Lipinski definition) is 0. The molecule has 0 aromatic heterocycles. The van der Waals surface area contributed by atoms with Crippen molar-refractivity contribution in [2.45, 2.75) is 71.1 Å². The Morgan fingerprint density at radius 1 is 0.710 bits per heavy atom. The van der Waals surface area contributed by atoms with Gasteiger partial charge in [-0.2, -0.15) is 0 Å². The lowest BCUT2D eigenvalue weighted by molar-refractivity contribution is 0.667. The summed E-state index contributed by atoms with van der Waals surface area (Å²) in [6.07, 6.45) is 12.8. The third-order valence-corrected chi connectivity index (χ3v) is 11.7. The van der Waals surface area contributed by atoms with Crippen molar-refractivity contribution < 1.29 is 0 Å². The van der Waals surface area contributed by atoms with E-state index in [4.69, 9.17) is 11.8 Å². The largest absolute Gasteiger partial charge is 0.0826 e. The van der Waals surface area contributed by atoms with Crippen LogP contribution in [0.25, 0.3) is 0 Å². The van der Waals surface area contributed by atoms with Crippen molar-refractivity contribution in [2.75, 3.05) is 0 Å². The molecule has 3 aromatic carbocycles. The lowest BCUT2D eigenvalue weighted by Gasteiger charge is -2.28. The molecule has 4 rings (SSSR count). The highest BCUT2D eigenvalue weighted by atomic mass is 32.4. The molecule has 0 heterocycles. The molecule has 0 saturated heterocycles. The summed E-state index contributed by atoms with van der Waals surface area (Å²) in [6.45, 7) is 2.29. The first-order valence-corrected chi connectivity index (χ1v) is 14.9. The summed E-state index contributed by atoms with van der Waals surface area (Å²) in [7, 11) is 0. The molecule has 0 N–H and O–H groups in total. The predicted molar refractivity (Wildman–Crippen MR) is 142 cm³/mol. The van der Waals surface area contributed by atoms with Gasteiger partial charge in [-0.05, 0) is 77.2 Å². The van der Waals surface area contributed by atoms with E-state index in [2.05, 4.69) is 79.7 Å². The molecule has 0 fully saturated rings. The molecule has 162 valence electrons. The quantitative estimate of drug-likeness (QED) is 0.207. The van der Waals surface area contributed by atoms with Crippen LogP contribution in [0.1, 0.15) is 68.6 Å². The average molecular weight is 447 g/mol. The van der Waals surface area contributed by atoms with Crippen molar-refractivity contribution in [1.82, 2.24) is 0 Å². The minimum atomic E-state index is -2.10. The van der Waals surface area contributed by atoms with Gasteiger partial charge in [-0.25, -0.2) is 0 Å². The number of aryl methyl sites for hydroxylation is 3. The van der Waals surface area contributed by atoms with Gasteiger partial charge < -0.3 is 0 Å². The molecule has 0 radical (unpaired) electrons. The average Bonchev–Trinajstić information content (AvgIpc) is 3.07. The highest BCUT2D eigenvalue weighted by Gasteiger charge is 2.28. The van der Waals surface area contributed by atoms with Crippen LogP contribution in [-0.4, -0.2) is 0 Å². The predicted octanol–water partition coefficient (Wildman–Crippen LogP) is 6.83. The van der Waals surface area contributed by atoms with Gasteiger partial charge in [0, 0.05) is 6.04 Å². The zero-order valence-electron chi connectivity index (χ0n) is 18.9. The Balaban J connectivity index is 1.89. The van der Waals surface area contributed by atoms with E-state index in [9.17, 15) is 0 Å². The third kappa shape index (κ3) is 5.05. The minimum absolute atomic E-state index is 1.15. The van der Waals surface area contributed by atoms with Crippen LogP contribution in [0.4, 0.5) is 0 Å². The molecule has 3 aromatic rings. The Kier molecular flexibility index (Phi) is 7.81. The second-order valence-corrected chi connectivity index (χ2v) is 13.3. The van der Waals surface area contributed by atoms with Gasteiger partial charge in [-0.1, -0.05) is 111 Å². The van der Waals surface area contributed by atoms with Crippen LogP contribution in [-0.2, 0) is 31.1 Å². The van der Waals surface area contributed by atoms with Gasteiger partial charge in [0.05, 0.1) is 0 Å².